The second-order valence-corrected chi connectivity index (χ2v) is 6.82. The lowest BCUT2D eigenvalue weighted by Crippen LogP contribution is -2.36. The monoisotopic (exact) mass is 289 g/mol. The fourth-order valence-electron chi connectivity index (χ4n) is 2.53. The van der Waals surface area contributed by atoms with Gasteiger partial charge in [0.05, 0.1) is 0 Å². The highest BCUT2D eigenvalue weighted by Crippen LogP contribution is 2.23. The van der Waals surface area contributed by atoms with Crippen molar-refractivity contribution in [2.24, 2.45) is 0 Å². The number of nitrogens with one attached hydrogen (secondary N) is 2. The Morgan fingerprint density at radius 1 is 1.29 bits per heavy atom. The van der Waals surface area contributed by atoms with Crippen molar-refractivity contribution >= 4 is 11.6 Å². The van der Waals surface area contributed by atoms with E-state index in [1.54, 1.807) is 0 Å². The van der Waals surface area contributed by atoms with Gasteiger partial charge in [-0.1, -0.05) is 17.7 Å². The maximum absolute atomic E-state index is 11.5. The second kappa shape index (κ2) is 6.48. The summed E-state index contributed by atoms with van der Waals surface area (Å²) >= 11 is 0. The van der Waals surface area contributed by atoms with E-state index in [0.717, 1.165) is 26.2 Å². The van der Waals surface area contributed by atoms with Crippen LogP contribution in [0.1, 0.15) is 38.3 Å². The molecule has 1 amide bonds. The Labute approximate surface area is 127 Å². The summed E-state index contributed by atoms with van der Waals surface area (Å²) < 4.78 is 0. The minimum absolute atomic E-state index is 0.0946. The summed E-state index contributed by atoms with van der Waals surface area (Å²) in [4.78, 5) is 13.8. The van der Waals surface area contributed by atoms with Crippen molar-refractivity contribution in [3.8, 4) is 0 Å². The first kappa shape index (κ1) is 15.8. The topological polar surface area (TPSA) is 44.4 Å². The summed E-state index contributed by atoms with van der Waals surface area (Å²) in [6, 6.07) is 6.58. The zero-order valence-electron chi connectivity index (χ0n) is 13.6. The molecule has 0 saturated carbocycles. The molecule has 0 unspecified atom stereocenters. The number of hydrogen-bond acceptors (Lipinski definition) is 3. The molecular weight excluding hydrogens is 262 g/mol. The number of amides is 1. The molecule has 1 aliphatic rings. The molecule has 1 aliphatic heterocycles. The first-order valence-corrected chi connectivity index (χ1v) is 7.71. The third-order valence-corrected chi connectivity index (χ3v) is 3.70. The van der Waals surface area contributed by atoms with Crippen LogP contribution >= 0.6 is 0 Å². The molecule has 1 saturated heterocycles. The summed E-state index contributed by atoms with van der Waals surface area (Å²) in [6.45, 7) is 11.9. The van der Waals surface area contributed by atoms with E-state index in [0.29, 0.717) is 6.42 Å². The number of benzene rings is 1. The van der Waals surface area contributed by atoms with Gasteiger partial charge in [-0.25, -0.2) is 0 Å². The average Bonchev–Trinajstić information content (AvgIpc) is 2.61. The van der Waals surface area contributed by atoms with E-state index >= 15 is 0 Å². The van der Waals surface area contributed by atoms with Gasteiger partial charge in [-0.05, 0) is 39.3 Å². The molecule has 0 radical (unpaired) electrons. The molecule has 0 aliphatic carbocycles. The Balaban J connectivity index is 2.19. The summed E-state index contributed by atoms with van der Waals surface area (Å²) in [7, 11) is 0. The van der Waals surface area contributed by atoms with Crippen LogP contribution in [0.4, 0.5) is 5.69 Å². The largest absolute Gasteiger partial charge is 0.369 e. The molecule has 116 valence electrons. The Kier molecular flexibility index (Phi) is 4.88. The number of nitrogens with zero attached hydrogens (tertiary/aromatic N) is 1. The van der Waals surface area contributed by atoms with Crippen LogP contribution in [0.3, 0.4) is 0 Å². The van der Waals surface area contributed by atoms with Gasteiger partial charge >= 0.3 is 0 Å². The van der Waals surface area contributed by atoms with Crippen LogP contribution in [0.25, 0.3) is 0 Å². The number of hydrogen-bond donors (Lipinski definition) is 2. The molecule has 0 aromatic heterocycles. The van der Waals surface area contributed by atoms with Gasteiger partial charge in [-0.3, -0.25) is 4.79 Å². The van der Waals surface area contributed by atoms with Crippen molar-refractivity contribution in [2.45, 2.75) is 46.2 Å². The predicted octanol–water partition coefficient (Wildman–Crippen LogP) is 2.21. The van der Waals surface area contributed by atoms with Gasteiger partial charge in [0.2, 0.25) is 5.91 Å². The number of anilines is 1. The third kappa shape index (κ3) is 4.74. The average molecular weight is 289 g/mol. The molecule has 1 aromatic rings. The Morgan fingerprint density at radius 3 is 2.76 bits per heavy atom. The minimum atomic E-state index is 0.0946. The quantitative estimate of drug-likeness (QED) is 0.896. The second-order valence-electron chi connectivity index (χ2n) is 6.82. The van der Waals surface area contributed by atoms with Crippen molar-refractivity contribution in [3.63, 3.8) is 0 Å². The third-order valence-electron chi connectivity index (χ3n) is 3.70. The lowest BCUT2D eigenvalue weighted by atomic mass is 10.0. The first-order chi connectivity index (χ1) is 9.85. The molecule has 1 aromatic carbocycles. The highest BCUT2D eigenvalue weighted by Gasteiger charge is 2.17. The van der Waals surface area contributed by atoms with Gasteiger partial charge in [0, 0.05) is 43.8 Å². The fourth-order valence-corrected chi connectivity index (χ4v) is 2.53. The van der Waals surface area contributed by atoms with Gasteiger partial charge in [0.15, 0.2) is 0 Å². The zero-order valence-corrected chi connectivity index (χ0v) is 13.6. The van der Waals surface area contributed by atoms with Crippen molar-refractivity contribution in [1.29, 1.82) is 0 Å². The lowest BCUT2D eigenvalue weighted by molar-refractivity contribution is -0.120. The van der Waals surface area contributed by atoms with Crippen LogP contribution in [0.2, 0.25) is 0 Å². The number of rotatable bonds is 3. The predicted molar refractivity (Wildman–Crippen MR) is 87.6 cm³/mol. The normalized spacial score (nSPS) is 16.6. The SMILES string of the molecule is Cc1ccc(N2CCNC(=O)CC2)c(CNC(C)(C)C)c1. The summed E-state index contributed by atoms with van der Waals surface area (Å²) in [6.07, 6.45) is 0.569. The van der Waals surface area contributed by atoms with E-state index in [1.165, 1.54) is 16.8 Å². The summed E-state index contributed by atoms with van der Waals surface area (Å²) in [5, 5.41) is 6.50. The molecule has 21 heavy (non-hydrogen) atoms. The van der Waals surface area contributed by atoms with Crippen molar-refractivity contribution in [2.75, 3.05) is 24.5 Å². The highest BCUT2D eigenvalue weighted by atomic mass is 16.1. The van der Waals surface area contributed by atoms with E-state index in [2.05, 4.69) is 61.4 Å². The van der Waals surface area contributed by atoms with Gasteiger partial charge in [0.1, 0.15) is 0 Å². The minimum Gasteiger partial charge on any atom is -0.369 e. The van der Waals surface area contributed by atoms with E-state index < -0.39 is 0 Å². The molecule has 2 rings (SSSR count). The van der Waals surface area contributed by atoms with Crippen molar-refractivity contribution in [1.82, 2.24) is 10.6 Å². The maximum Gasteiger partial charge on any atom is 0.221 e. The molecule has 4 heteroatoms. The van der Waals surface area contributed by atoms with E-state index in [9.17, 15) is 4.79 Å². The van der Waals surface area contributed by atoms with Gasteiger partial charge in [-0.15, -0.1) is 0 Å². The van der Waals surface area contributed by atoms with Crippen LogP contribution in [-0.4, -0.2) is 31.1 Å². The van der Waals surface area contributed by atoms with E-state index in [4.69, 9.17) is 0 Å². The molecule has 0 atom stereocenters. The van der Waals surface area contributed by atoms with E-state index in [1.807, 2.05) is 0 Å². The standard InChI is InChI=1S/C17H27N3O/c1-13-5-6-15(14(11-13)12-19-17(2,3)4)20-9-7-16(21)18-8-10-20/h5-6,11,19H,7-10,12H2,1-4H3,(H,18,21). The molecule has 0 bridgehead atoms. The molecule has 1 fully saturated rings. The number of aryl methyl sites for hydroxylation is 1. The Bertz CT molecular complexity index is 505. The zero-order chi connectivity index (χ0) is 15.5. The summed E-state index contributed by atoms with van der Waals surface area (Å²) in [5.74, 6) is 0.152. The fraction of sp³-hybridized carbons (Fsp3) is 0.588. The number of carbonyl (C=O) groups excluding carboxylic acids is 1. The van der Waals surface area contributed by atoms with Gasteiger partial charge in [0.25, 0.3) is 0 Å². The summed E-state index contributed by atoms with van der Waals surface area (Å²) in [5.41, 5.74) is 3.92. The van der Waals surface area contributed by atoms with Crippen LogP contribution < -0.4 is 15.5 Å². The Morgan fingerprint density at radius 2 is 2.05 bits per heavy atom. The molecule has 2 N–H and O–H groups in total. The van der Waals surface area contributed by atoms with Crippen LogP contribution in [0, 0.1) is 6.92 Å². The smallest absolute Gasteiger partial charge is 0.221 e. The van der Waals surface area contributed by atoms with E-state index in [-0.39, 0.29) is 11.4 Å². The van der Waals surface area contributed by atoms with Crippen LogP contribution in [-0.2, 0) is 11.3 Å². The number of carbonyl (C=O) groups is 1. The highest BCUT2D eigenvalue weighted by molar-refractivity contribution is 5.77. The molecule has 4 nitrogen and oxygen atoms in total. The molecule has 1 heterocycles. The van der Waals surface area contributed by atoms with Crippen LogP contribution in [0.5, 0.6) is 0 Å². The first-order valence-electron chi connectivity index (χ1n) is 7.71. The van der Waals surface area contributed by atoms with Crippen molar-refractivity contribution in [3.05, 3.63) is 29.3 Å². The van der Waals surface area contributed by atoms with Gasteiger partial charge < -0.3 is 15.5 Å². The van der Waals surface area contributed by atoms with Gasteiger partial charge in [-0.2, -0.15) is 0 Å². The Hall–Kier alpha value is -1.55. The van der Waals surface area contributed by atoms with Crippen LogP contribution in [0.15, 0.2) is 18.2 Å². The van der Waals surface area contributed by atoms with Crippen molar-refractivity contribution < 1.29 is 4.79 Å². The maximum atomic E-state index is 11.5. The molecular formula is C17H27N3O. The lowest BCUT2D eigenvalue weighted by Gasteiger charge is -2.27. The molecule has 0 spiro atoms.